The topological polar surface area (TPSA) is 95.6 Å². The lowest BCUT2D eigenvalue weighted by atomic mass is 9.95. The fraction of sp³-hybridized carbons (Fsp3) is 0.440. The second-order valence-corrected chi connectivity index (χ2v) is 10.8. The van der Waals surface area contributed by atoms with Gasteiger partial charge in [0.2, 0.25) is 15.9 Å². The van der Waals surface area contributed by atoms with Gasteiger partial charge in [-0.3, -0.25) is 13.9 Å². The third kappa shape index (κ3) is 6.57. The second-order valence-electron chi connectivity index (χ2n) is 8.89. The summed E-state index contributed by atoms with van der Waals surface area (Å²) in [5.41, 5.74) is 2.04. The highest BCUT2D eigenvalue weighted by molar-refractivity contribution is 7.92. The molecular formula is C25H33N3O4S. The van der Waals surface area contributed by atoms with Crippen LogP contribution in [0.2, 0.25) is 0 Å². The quantitative estimate of drug-likeness (QED) is 0.601. The third-order valence-corrected chi connectivity index (χ3v) is 7.03. The van der Waals surface area contributed by atoms with Gasteiger partial charge in [0.25, 0.3) is 5.91 Å². The SMILES string of the molecule is CC(C)c1ccccc1N(CC(=O)Nc1ccccc1C(=O)NC1CCCCC1)S(C)(=O)=O. The van der Waals surface area contributed by atoms with Gasteiger partial charge >= 0.3 is 0 Å². The molecular weight excluding hydrogens is 438 g/mol. The van der Waals surface area contributed by atoms with E-state index in [0.29, 0.717) is 16.9 Å². The molecule has 0 saturated heterocycles. The Bertz CT molecular complexity index is 1090. The van der Waals surface area contributed by atoms with Crippen molar-refractivity contribution in [3.8, 4) is 0 Å². The van der Waals surface area contributed by atoms with Gasteiger partial charge in [-0.15, -0.1) is 0 Å². The maximum Gasteiger partial charge on any atom is 0.253 e. The van der Waals surface area contributed by atoms with Gasteiger partial charge in [-0.25, -0.2) is 8.42 Å². The number of anilines is 2. The van der Waals surface area contributed by atoms with Crippen LogP contribution in [0.15, 0.2) is 48.5 Å². The van der Waals surface area contributed by atoms with Gasteiger partial charge < -0.3 is 10.6 Å². The van der Waals surface area contributed by atoms with E-state index in [4.69, 9.17) is 0 Å². The van der Waals surface area contributed by atoms with Crippen molar-refractivity contribution >= 4 is 33.2 Å². The van der Waals surface area contributed by atoms with E-state index in [0.717, 1.165) is 41.8 Å². The Morgan fingerprint density at radius 1 is 1.00 bits per heavy atom. The Morgan fingerprint density at radius 2 is 1.64 bits per heavy atom. The smallest absolute Gasteiger partial charge is 0.253 e. The first-order valence-corrected chi connectivity index (χ1v) is 13.3. The van der Waals surface area contributed by atoms with Crippen LogP contribution in [0.3, 0.4) is 0 Å². The molecule has 2 aromatic carbocycles. The summed E-state index contributed by atoms with van der Waals surface area (Å²) < 4.78 is 26.3. The number of carbonyl (C=O) groups is 2. The van der Waals surface area contributed by atoms with Crippen LogP contribution in [0.25, 0.3) is 0 Å². The molecule has 178 valence electrons. The van der Waals surface area contributed by atoms with Crippen LogP contribution >= 0.6 is 0 Å². The van der Waals surface area contributed by atoms with E-state index in [1.807, 2.05) is 26.0 Å². The normalized spacial score (nSPS) is 14.7. The number of hydrogen-bond donors (Lipinski definition) is 2. The highest BCUT2D eigenvalue weighted by Gasteiger charge is 2.25. The van der Waals surface area contributed by atoms with E-state index in [9.17, 15) is 18.0 Å². The number of nitrogens with zero attached hydrogens (tertiary/aromatic N) is 1. The Hall–Kier alpha value is -2.87. The van der Waals surface area contributed by atoms with Crippen LogP contribution < -0.4 is 14.9 Å². The number of benzene rings is 2. The zero-order chi connectivity index (χ0) is 24.0. The van der Waals surface area contributed by atoms with Gasteiger partial charge in [0.05, 0.1) is 23.2 Å². The zero-order valence-electron chi connectivity index (χ0n) is 19.5. The Labute approximate surface area is 196 Å². The average molecular weight is 472 g/mol. The Kier molecular flexibility index (Phi) is 8.13. The van der Waals surface area contributed by atoms with Gasteiger partial charge in [-0.05, 0) is 42.5 Å². The lowest BCUT2D eigenvalue weighted by Crippen LogP contribution is -2.39. The van der Waals surface area contributed by atoms with Crippen LogP contribution in [0.5, 0.6) is 0 Å². The van der Waals surface area contributed by atoms with Gasteiger partial charge in [0, 0.05) is 6.04 Å². The molecule has 33 heavy (non-hydrogen) atoms. The van der Waals surface area contributed by atoms with Crippen molar-refractivity contribution in [2.75, 3.05) is 22.4 Å². The molecule has 2 aromatic rings. The predicted molar refractivity (Wildman–Crippen MR) is 132 cm³/mol. The molecule has 1 aliphatic carbocycles. The number of amides is 2. The van der Waals surface area contributed by atoms with Gasteiger partial charge in [-0.1, -0.05) is 63.4 Å². The van der Waals surface area contributed by atoms with E-state index in [1.165, 1.54) is 6.42 Å². The predicted octanol–water partition coefficient (Wildman–Crippen LogP) is 4.28. The highest BCUT2D eigenvalue weighted by atomic mass is 32.2. The molecule has 0 unspecified atom stereocenters. The summed E-state index contributed by atoms with van der Waals surface area (Å²) in [5.74, 6) is -0.669. The van der Waals surface area contributed by atoms with Crippen molar-refractivity contribution in [3.63, 3.8) is 0 Å². The lowest BCUT2D eigenvalue weighted by molar-refractivity contribution is -0.114. The number of hydrogen-bond acceptors (Lipinski definition) is 4. The number of nitrogens with one attached hydrogen (secondary N) is 2. The maximum atomic E-state index is 12.9. The molecule has 1 aliphatic rings. The van der Waals surface area contributed by atoms with Crippen molar-refractivity contribution in [2.45, 2.75) is 57.9 Å². The largest absolute Gasteiger partial charge is 0.349 e. The molecule has 0 atom stereocenters. The number of rotatable bonds is 8. The molecule has 3 rings (SSSR count). The molecule has 7 nitrogen and oxygen atoms in total. The second kappa shape index (κ2) is 10.8. The first-order chi connectivity index (χ1) is 15.7. The first-order valence-electron chi connectivity index (χ1n) is 11.4. The fourth-order valence-electron chi connectivity index (χ4n) is 4.20. The van der Waals surface area contributed by atoms with Gasteiger partial charge in [0.1, 0.15) is 6.54 Å². The lowest BCUT2D eigenvalue weighted by Gasteiger charge is -2.26. The number of carbonyl (C=O) groups excluding carboxylic acids is 2. The molecule has 1 saturated carbocycles. The first kappa shape index (κ1) is 24.8. The highest BCUT2D eigenvalue weighted by Crippen LogP contribution is 2.29. The number of para-hydroxylation sites is 2. The van der Waals surface area contributed by atoms with Gasteiger partial charge in [0.15, 0.2) is 0 Å². The molecule has 1 fully saturated rings. The molecule has 0 aliphatic heterocycles. The van der Waals surface area contributed by atoms with Crippen LogP contribution in [0, 0.1) is 0 Å². The summed E-state index contributed by atoms with van der Waals surface area (Å²) in [6, 6.07) is 14.1. The van der Waals surface area contributed by atoms with Crippen molar-refractivity contribution in [3.05, 3.63) is 59.7 Å². The molecule has 0 radical (unpaired) electrons. The summed E-state index contributed by atoms with van der Waals surface area (Å²) in [6.45, 7) is 3.56. The molecule has 2 N–H and O–H groups in total. The summed E-state index contributed by atoms with van der Waals surface area (Å²) in [7, 11) is -3.71. The third-order valence-electron chi connectivity index (χ3n) is 5.90. The zero-order valence-corrected chi connectivity index (χ0v) is 20.3. The Balaban J connectivity index is 1.79. The average Bonchev–Trinajstić information content (AvgIpc) is 2.77. The fourth-order valence-corrected chi connectivity index (χ4v) is 5.08. The minimum absolute atomic E-state index is 0.0812. The minimum atomic E-state index is -3.71. The molecule has 0 heterocycles. The van der Waals surface area contributed by atoms with Crippen molar-refractivity contribution in [1.29, 1.82) is 0 Å². The van der Waals surface area contributed by atoms with E-state index < -0.39 is 15.9 Å². The van der Waals surface area contributed by atoms with Crippen LogP contribution in [0.4, 0.5) is 11.4 Å². The van der Waals surface area contributed by atoms with E-state index in [1.54, 1.807) is 36.4 Å². The molecule has 0 bridgehead atoms. The van der Waals surface area contributed by atoms with Crippen LogP contribution in [-0.2, 0) is 14.8 Å². The summed E-state index contributed by atoms with van der Waals surface area (Å²) >= 11 is 0. The van der Waals surface area contributed by atoms with E-state index in [-0.39, 0.29) is 24.4 Å². The van der Waals surface area contributed by atoms with E-state index >= 15 is 0 Å². The monoisotopic (exact) mass is 471 g/mol. The number of sulfonamides is 1. The summed E-state index contributed by atoms with van der Waals surface area (Å²) in [5, 5.41) is 5.81. The molecule has 8 heteroatoms. The van der Waals surface area contributed by atoms with Crippen LogP contribution in [-0.4, -0.2) is 39.1 Å². The standard InChI is InChI=1S/C25H33N3O4S/c1-18(2)20-13-8-10-16-23(20)28(33(3,31)32)17-24(29)27-22-15-9-7-14-21(22)25(30)26-19-11-5-4-6-12-19/h7-10,13-16,18-19H,4-6,11-12,17H2,1-3H3,(H,26,30)(H,27,29). The van der Waals surface area contributed by atoms with Crippen molar-refractivity contribution < 1.29 is 18.0 Å². The molecule has 0 aromatic heterocycles. The van der Waals surface area contributed by atoms with Crippen molar-refractivity contribution in [2.24, 2.45) is 0 Å². The minimum Gasteiger partial charge on any atom is -0.349 e. The van der Waals surface area contributed by atoms with Crippen molar-refractivity contribution in [1.82, 2.24) is 5.32 Å². The molecule has 0 spiro atoms. The Morgan fingerprint density at radius 3 is 2.30 bits per heavy atom. The van der Waals surface area contributed by atoms with Crippen LogP contribution in [0.1, 0.15) is 67.8 Å². The molecule has 2 amide bonds. The van der Waals surface area contributed by atoms with Gasteiger partial charge in [-0.2, -0.15) is 0 Å². The summed E-state index contributed by atoms with van der Waals surface area (Å²) in [6.07, 6.45) is 6.39. The van der Waals surface area contributed by atoms with E-state index in [2.05, 4.69) is 10.6 Å². The summed E-state index contributed by atoms with van der Waals surface area (Å²) in [4.78, 5) is 25.8. The maximum absolute atomic E-state index is 12.9.